The molecule has 1 heterocycles. The molecular formula is C20H14ClNO2S. The zero-order valence-corrected chi connectivity index (χ0v) is 14.7. The van der Waals surface area contributed by atoms with E-state index in [1.165, 1.54) is 4.90 Å². The van der Waals surface area contributed by atoms with Crippen LogP contribution in [0.4, 0.5) is 11.4 Å². The summed E-state index contributed by atoms with van der Waals surface area (Å²) in [5, 5.41) is 9.76. The Hall–Kier alpha value is -2.43. The van der Waals surface area contributed by atoms with Gasteiger partial charge in [-0.2, -0.15) is 0 Å². The van der Waals surface area contributed by atoms with Gasteiger partial charge < -0.3 is 10.0 Å². The molecule has 4 rings (SSSR count). The third kappa shape index (κ3) is 3.11. The number of fused-ring (bicyclic) bond motifs is 2. The molecule has 0 atom stereocenters. The monoisotopic (exact) mass is 367 g/mol. The van der Waals surface area contributed by atoms with Crippen LogP contribution in [-0.2, 0) is 6.54 Å². The van der Waals surface area contributed by atoms with Crippen molar-refractivity contribution < 1.29 is 9.90 Å². The van der Waals surface area contributed by atoms with E-state index < -0.39 is 5.97 Å². The van der Waals surface area contributed by atoms with E-state index in [2.05, 4.69) is 17.0 Å². The average molecular weight is 368 g/mol. The minimum atomic E-state index is -0.914. The molecule has 0 saturated heterocycles. The Labute approximate surface area is 154 Å². The van der Waals surface area contributed by atoms with Crippen LogP contribution in [0.3, 0.4) is 0 Å². The summed E-state index contributed by atoms with van der Waals surface area (Å²) in [4.78, 5) is 15.6. The van der Waals surface area contributed by atoms with Gasteiger partial charge in [0.15, 0.2) is 0 Å². The van der Waals surface area contributed by atoms with Gasteiger partial charge in [0.05, 0.1) is 16.9 Å². The Morgan fingerprint density at radius 2 is 1.68 bits per heavy atom. The molecule has 0 amide bonds. The Bertz CT molecular complexity index is 956. The molecule has 1 aliphatic rings. The number of carbonyl (C=O) groups is 1. The van der Waals surface area contributed by atoms with Crippen molar-refractivity contribution in [1.82, 2.24) is 0 Å². The highest BCUT2D eigenvalue weighted by Gasteiger charge is 2.23. The number of hydrogen-bond acceptors (Lipinski definition) is 3. The van der Waals surface area contributed by atoms with Crippen LogP contribution in [0.15, 0.2) is 76.5 Å². The number of anilines is 2. The zero-order valence-electron chi connectivity index (χ0n) is 13.1. The summed E-state index contributed by atoms with van der Waals surface area (Å²) in [6.45, 7) is 0.644. The molecule has 3 nitrogen and oxygen atoms in total. The molecule has 3 aromatic carbocycles. The molecule has 124 valence electrons. The lowest BCUT2D eigenvalue weighted by Gasteiger charge is -2.33. The van der Waals surface area contributed by atoms with Gasteiger partial charge in [-0.3, -0.25) is 0 Å². The molecule has 0 bridgehead atoms. The van der Waals surface area contributed by atoms with Gasteiger partial charge >= 0.3 is 5.97 Å². The topological polar surface area (TPSA) is 40.5 Å². The van der Waals surface area contributed by atoms with E-state index in [0.29, 0.717) is 17.1 Å². The van der Waals surface area contributed by atoms with Gasteiger partial charge in [-0.05, 0) is 48.0 Å². The minimum absolute atomic E-state index is 0.293. The molecule has 25 heavy (non-hydrogen) atoms. The maximum atomic E-state index is 11.0. The standard InChI is InChI=1S/C20H14ClNO2S/c21-15-9-10-19-17(11-15)22(16-3-1-2-4-18(16)25-19)12-13-5-7-14(8-6-13)20(23)24/h1-11H,12H2,(H,23,24). The summed E-state index contributed by atoms with van der Waals surface area (Å²) in [5.74, 6) is -0.914. The van der Waals surface area contributed by atoms with Gasteiger partial charge in [-0.1, -0.05) is 47.6 Å². The molecule has 3 aromatic rings. The summed E-state index contributed by atoms with van der Waals surface area (Å²) < 4.78 is 0. The first kappa shape index (κ1) is 16.1. The highest BCUT2D eigenvalue weighted by atomic mass is 35.5. The summed E-state index contributed by atoms with van der Waals surface area (Å²) >= 11 is 7.96. The van der Waals surface area contributed by atoms with E-state index in [1.54, 1.807) is 23.9 Å². The van der Waals surface area contributed by atoms with Crippen molar-refractivity contribution in [3.05, 3.63) is 82.9 Å². The molecule has 0 aliphatic carbocycles. The largest absolute Gasteiger partial charge is 0.478 e. The van der Waals surface area contributed by atoms with Gasteiger partial charge in [0, 0.05) is 21.4 Å². The second-order valence-corrected chi connectivity index (χ2v) is 7.29. The summed E-state index contributed by atoms with van der Waals surface area (Å²) in [6, 6.07) is 21.2. The van der Waals surface area contributed by atoms with E-state index in [9.17, 15) is 4.79 Å². The van der Waals surface area contributed by atoms with Crippen molar-refractivity contribution in [2.75, 3.05) is 4.90 Å². The van der Waals surface area contributed by atoms with Gasteiger partial charge in [0.1, 0.15) is 0 Å². The Morgan fingerprint density at radius 3 is 2.44 bits per heavy atom. The van der Waals surface area contributed by atoms with E-state index in [0.717, 1.165) is 21.8 Å². The molecule has 0 radical (unpaired) electrons. The summed E-state index contributed by atoms with van der Waals surface area (Å²) in [5.41, 5.74) is 3.53. The van der Waals surface area contributed by atoms with Crippen molar-refractivity contribution in [2.45, 2.75) is 16.3 Å². The maximum absolute atomic E-state index is 11.0. The third-order valence-electron chi connectivity index (χ3n) is 4.13. The fourth-order valence-corrected chi connectivity index (χ4v) is 4.15. The van der Waals surface area contributed by atoms with Crippen LogP contribution in [0.2, 0.25) is 5.02 Å². The number of aromatic carboxylic acids is 1. The van der Waals surface area contributed by atoms with Crippen LogP contribution in [0.1, 0.15) is 15.9 Å². The highest BCUT2D eigenvalue weighted by Crippen LogP contribution is 2.49. The van der Waals surface area contributed by atoms with E-state index >= 15 is 0 Å². The van der Waals surface area contributed by atoms with Crippen molar-refractivity contribution in [3.63, 3.8) is 0 Å². The number of halogens is 1. The molecule has 0 fully saturated rings. The Balaban J connectivity index is 1.75. The lowest BCUT2D eigenvalue weighted by Crippen LogP contribution is -2.20. The molecule has 0 aromatic heterocycles. The molecular weight excluding hydrogens is 354 g/mol. The molecule has 0 saturated carbocycles. The van der Waals surface area contributed by atoms with Gasteiger partial charge in [0.25, 0.3) is 0 Å². The Kier molecular flexibility index (Phi) is 4.15. The van der Waals surface area contributed by atoms with E-state index in [-0.39, 0.29) is 0 Å². The number of hydrogen-bond donors (Lipinski definition) is 1. The number of para-hydroxylation sites is 1. The minimum Gasteiger partial charge on any atom is -0.478 e. The first-order valence-corrected chi connectivity index (χ1v) is 8.97. The van der Waals surface area contributed by atoms with Crippen molar-refractivity contribution >= 4 is 40.7 Å². The van der Waals surface area contributed by atoms with Crippen molar-refractivity contribution in [1.29, 1.82) is 0 Å². The fraction of sp³-hybridized carbons (Fsp3) is 0.0500. The summed E-state index contributed by atoms with van der Waals surface area (Å²) in [6.07, 6.45) is 0. The Morgan fingerprint density at radius 1 is 0.960 bits per heavy atom. The number of benzene rings is 3. The first-order valence-electron chi connectivity index (χ1n) is 7.78. The predicted molar refractivity (Wildman–Crippen MR) is 101 cm³/mol. The van der Waals surface area contributed by atoms with Gasteiger partial charge in [-0.25, -0.2) is 4.79 Å². The molecule has 0 unspecified atom stereocenters. The second-order valence-electron chi connectivity index (χ2n) is 5.77. The molecule has 1 aliphatic heterocycles. The number of rotatable bonds is 3. The maximum Gasteiger partial charge on any atom is 0.335 e. The second kappa shape index (κ2) is 6.47. The lowest BCUT2D eigenvalue weighted by molar-refractivity contribution is 0.0697. The van der Waals surface area contributed by atoms with Crippen LogP contribution in [0, 0.1) is 0 Å². The SMILES string of the molecule is O=C(O)c1ccc(CN2c3ccccc3Sc3ccc(Cl)cc32)cc1. The van der Waals surface area contributed by atoms with E-state index in [1.807, 2.05) is 42.5 Å². The molecule has 1 N–H and O–H groups in total. The summed E-state index contributed by atoms with van der Waals surface area (Å²) in [7, 11) is 0. The first-order chi connectivity index (χ1) is 12.1. The van der Waals surface area contributed by atoms with Crippen LogP contribution in [-0.4, -0.2) is 11.1 Å². The van der Waals surface area contributed by atoms with E-state index in [4.69, 9.17) is 16.7 Å². The van der Waals surface area contributed by atoms with Crippen LogP contribution in [0.25, 0.3) is 0 Å². The lowest BCUT2D eigenvalue weighted by atomic mass is 10.1. The van der Waals surface area contributed by atoms with Crippen molar-refractivity contribution in [3.8, 4) is 0 Å². The highest BCUT2D eigenvalue weighted by molar-refractivity contribution is 7.99. The van der Waals surface area contributed by atoms with Crippen molar-refractivity contribution in [2.24, 2.45) is 0 Å². The number of nitrogens with zero attached hydrogens (tertiary/aromatic N) is 1. The van der Waals surface area contributed by atoms with Crippen LogP contribution in [0.5, 0.6) is 0 Å². The number of carboxylic acid groups (broad SMARTS) is 1. The van der Waals surface area contributed by atoms with Crippen LogP contribution >= 0.6 is 23.4 Å². The molecule has 5 heteroatoms. The quantitative estimate of drug-likeness (QED) is 0.631. The van der Waals surface area contributed by atoms with Gasteiger partial charge in [0.2, 0.25) is 0 Å². The smallest absolute Gasteiger partial charge is 0.335 e. The average Bonchev–Trinajstić information content (AvgIpc) is 2.62. The third-order valence-corrected chi connectivity index (χ3v) is 5.49. The zero-order chi connectivity index (χ0) is 17.4. The van der Waals surface area contributed by atoms with Crippen LogP contribution < -0.4 is 4.90 Å². The predicted octanol–water partition coefficient (Wildman–Crippen LogP) is 5.84. The number of carboxylic acids is 1. The van der Waals surface area contributed by atoms with Gasteiger partial charge in [-0.15, -0.1) is 0 Å². The molecule has 0 spiro atoms. The fourth-order valence-electron chi connectivity index (χ4n) is 2.91. The normalized spacial score (nSPS) is 12.4.